The molecule has 1 aromatic heterocycles. The van der Waals surface area contributed by atoms with Crippen molar-refractivity contribution in [1.82, 2.24) is 9.97 Å². The van der Waals surface area contributed by atoms with Gasteiger partial charge in [0.25, 0.3) is 11.8 Å². The maximum Gasteiger partial charge on any atom is 0.416 e. The number of hydrogen-bond donors (Lipinski definition) is 3. The van der Waals surface area contributed by atoms with Gasteiger partial charge in [-0.1, -0.05) is 24.8 Å². The molecule has 0 atom stereocenters. The number of aromatic nitrogens is 2. The Bertz CT molecular complexity index is 1600. The first kappa shape index (κ1) is 28.7. The van der Waals surface area contributed by atoms with Crippen molar-refractivity contribution < 1.29 is 27.6 Å². The van der Waals surface area contributed by atoms with Crippen LogP contribution in [0.3, 0.4) is 0 Å². The summed E-state index contributed by atoms with van der Waals surface area (Å²) in [7, 11) is 0. The lowest BCUT2D eigenvalue weighted by Gasteiger charge is -2.12. The summed E-state index contributed by atoms with van der Waals surface area (Å²) in [5.74, 6) is -0.901. The average Bonchev–Trinajstić information content (AvgIpc) is 2.94. The van der Waals surface area contributed by atoms with Gasteiger partial charge in [0, 0.05) is 28.9 Å². The Kier molecular flexibility index (Phi) is 8.57. The van der Waals surface area contributed by atoms with Gasteiger partial charge in [-0.2, -0.15) is 13.2 Å². The normalized spacial score (nSPS) is 10.9. The monoisotopic (exact) mass is 559 g/mol. The Hall–Kier alpha value is -5.32. The number of benzene rings is 3. The number of rotatable bonds is 8. The minimum Gasteiger partial charge on any atom is -0.323 e. The van der Waals surface area contributed by atoms with Gasteiger partial charge in [-0.05, 0) is 72.7 Å². The van der Waals surface area contributed by atoms with E-state index in [2.05, 4.69) is 32.5 Å². The lowest BCUT2D eigenvalue weighted by atomic mass is 10.1. The highest BCUT2D eigenvalue weighted by Gasteiger charge is 2.30. The molecule has 1 heterocycles. The Morgan fingerprint density at radius 2 is 1.49 bits per heavy atom. The number of carbonyl (C=O) groups excluding carboxylic acids is 3. The van der Waals surface area contributed by atoms with Crippen molar-refractivity contribution in [2.24, 2.45) is 0 Å². The minimum absolute atomic E-state index is 0.0371. The molecule has 8 nitrogen and oxygen atoms in total. The van der Waals surface area contributed by atoms with Gasteiger partial charge in [0.15, 0.2) is 0 Å². The molecule has 4 rings (SSSR count). The first-order valence-electron chi connectivity index (χ1n) is 12.3. The van der Waals surface area contributed by atoms with Gasteiger partial charge in [0.05, 0.1) is 23.6 Å². The van der Waals surface area contributed by atoms with Crippen LogP contribution < -0.4 is 16.0 Å². The number of halogens is 3. The Morgan fingerprint density at radius 1 is 0.829 bits per heavy atom. The number of amides is 3. The molecule has 0 fully saturated rings. The molecule has 0 bridgehead atoms. The zero-order valence-corrected chi connectivity index (χ0v) is 21.8. The largest absolute Gasteiger partial charge is 0.416 e. The Balaban J connectivity index is 1.40. The lowest BCUT2D eigenvalue weighted by Crippen LogP contribution is -2.16. The minimum atomic E-state index is -4.50. The maximum atomic E-state index is 13.0. The van der Waals surface area contributed by atoms with Crippen molar-refractivity contribution >= 4 is 34.8 Å². The van der Waals surface area contributed by atoms with Gasteiger partial charge in [0.2, 0.25) is 5.91 Å². The van der Waals surface area contributed by atoms with Crippen molar-refractivity contribution in [3.63, 3.8) is 0 Å². The van der Waals surface area contributed by atoms with E-state index < -0.39 is 23.6 Å². The summed E-state index contributed by atoms with van der Waals surface area (Å²) >= 11 is 0. The zero-order valence-electron chi connectivity index (χ0n) is 21.8. The molecule has 3 aromatic carbocycles. The van der Waals surface area contributed by atoms with Crippen molar-refractivity contribution in [2.75, 3.05) is 16.0 Å². The molecule has 0 spiro atoms. The summed E-state index contributed by atoms with van der Waals surface area (Å²) in [6, 6.07) is 15.7. The molecule has 0 saturated carbocycles. The van der Waals surface area contributed by atoms with Crippen LogP contribution in [0.4, 0.5) is 30.2 Å². The third kappa shape index (κ3) is 7.63. The van der Waals surface area contributed by atoms with Gasteiger partial charge in [-0.3, -0.25) is 14.4 Å². The van der Waals surface area contributed by atoms with Crippen LogP contribution in [0.25, 0.3) is 0 Å². The summed E-state index contributed by atoms with van der Waals surface area (Å²) in [4.78, 5) is 45.6. The first-order valence-corrected chi connectivity index (χ1v) is 12.3. The molecule has 3 amide bonds. The number of aryl methyl sites for hydroxylation is 1. The summed E-state index contributed by atoms with van der Waals surface area (Å²) < 4.78 is 38.4. The molecular formula is C30H24F3N5O3. The number of carbonyl (C=O) groups is 3. The quantitative estimate of drug-likeness (QED) is 0.229. The van der Waals surface area contributed by atoms with E-state index in [1.165, 1.54) is 24.5 Å². The molecule has 0 aliphatic rings. The van der Waals surface area contributed by atoms with Crippen LogP contribution in [-0.4, -0.2) is 27.7 Å². The zero-order chi connectivity index (χ0) is 29.6. The third-order valence-corrected chi connectivity index (χ3v) is 5.92. The maximum absolute atomic E-state index is 13.0. The second kappa shape index (κ2) is 12.2. The highest BCUT2D eigenvalue weighted by atomic mass is 19.4. The summed E-state index contributed by atoms with van der Waals surface area (Å²) in [5.41, 5.74) is 2.22. The molecule has 0 saturated heterocycles. The molecule has 0 radical (unpaired) electrons. The standard InChI is InChI=1S/C30H24F3N5O3/c1-3-27(39)36-22-6-4-5-19(13-22)14-26-34-16-24(17-35-26)38-29(41)25-15-23(12-7-18(25)2)37-28(40)20-8-10-21(11-9-20)30(31,32)33/h3-13,15-17H,1,14H2,2H3,(H,36,39)(H,37,40)(H,38,41). The third-order valence-electron chi connectivity index (χ3n) is 5.92. The van der Waals surface area contributed by atoms with Crippen molar-refractivity contribution in [2.45, 2.75) is 19.5 Å². The van der Waals surface area contributed by atoms with Crippen molar-refractivity contribution in [1.29, 1.82) is 0 Å². The fourth-order valence-electron chi connectivity index (χ4n) is 3.80. The first-order chi connectivity index (χ1) is 19.5. The van der Waals surface area contributed by atoms with Crippen LogP contribution in [0.2, 0.25) is 0 Å². The number of hydrogen-bond acceptors (Lipinski definition) is 5. The van der Waals surface area contributed by atoms with Gasteiger partial charge >= 0.3 is 6.18 Å². The Morgan fingerprint density at radius 3 is 2.15 bits per heavy atom. The lowest BCUT2D eigenvalue weighted by molar-refractivity contribution is -0.137. The molecule has 11 heteroatoms. The van der Waals surface area contributed by atoms with E-state index in [1.54, 1.807) is 37.3 Å². The number of nitrogens with zero attached hydrogens (tertiary/aromatic N) is 2. The van der Waals surface area contributed by atoms with Gasteiger partial charge in [-0.25, -0.2) is 9.97 Å². The second-order valence-corrected chi connectivity index (χ2v) is 8.97. The predicted octanol–water partition coefficient (Wildman–Crippen LogP) is 6.02. The van der Waals surface area contributed by atoms with Gasteiger partial charge < -0.3 is 16.0 Å². The van der Waals surface area contributed by atoms with Crippen molar-refractivity contribution in [3.8, 4) is 0 Å². The van der Waals surface area contributed by atoms with E-state index >= 15 is 0 Å². The van der Waals surface area contributed by atoms with Crippen LogP contribution >= 0.6 is 0 Å². The average molecular weight is 560 g/mol. The topological polar surface area (TPSA) is 113 Å². The molecule has 0 aliphatic carbocycles. The van der Waals surface area contributed by atoms with E-state index in [0.717, 1.165) is 29.8 Å². The Labute approximate surface area is 233 Å². The van der Waals surface area contributed by atoms with Crippen LogP contribution in [0.15, 0.2) is 91.8 Å². The summed E-state index contributed by atoms with van der Waals surface area (Å²) in [6.07, 6.45) is 0.00712. The fraction of sp³-hybridized carbons (Fsp3) is 0.100. The van der Waals surface area contributed by atoms with Crippen LogP contribution in [-0.2, 0) is 17.4 Å². The van der Waals surface area contributed by atoms with E-state index in [9.17, 15) is 27.6 Å². The van der Waals surface area contributed by atoms with Crippen LogP contribution in [0.1, 0.15) is 43.2 Å². The van der Waals surface area contributed by atoms with E-state index in [1.807, 2.05) is 6.07 Å². The van der Waals surface area contributed by atoms with Gasteiger partial charge in [0.1, 0.15) is 5.82 Å². The van der Waals surface area contributed by atoms with Crippen LogP contribution in [0.5, 0.6) is 0 Å². The predicted molar refractivity (Wildman–Crippen MR) is 149 cm³/mol. The van der Waals surface area contributed by atoms with Crippen molar-refractivity contribution in [3.05, 3.63) is 125 Å². The van der Waals surface area contributed by atoms with Crippen LogP contribution in [0, 0.1) is 6.92 Å². The number of nitrogens with one attached hydrogen (secondary N) is 3. The molecule has 3 N–H and O–H groups in total. The molecule has 41 heavy (non-hydrogen) atoms. The SMILES string of the molecule is C=CC(=O)Nc1cccc(Cc2ncc(NC(=O)c3cc(NC(=O)c4ccc(C(F)(F)F)cc4)ccc3C)cn2)c1. The highest BCUT2D eigenvalue weighted by Crippen LogP contribution is 2.29. The number of anilines is 3. The number of alkyl halides is 3. The van der Waals surface area contributed by atoms with Gasteiger partial charge in [-0.15, -0.1) is 0 Å². The molecule has 0 unspecified atom stereocenters. The van der Waals surface area contributed by atoms with E-state index in [-0.39, 0.29) is 17.0 Å². The molecular weight excluding hydrogens is 535 g/mol. The smallest absolute Gasteiger partial charge is 0.323 e. The van der Waals surface area contributed by atoms with E-state index in [0.29, 0.717) is 34.9 Å². The van der Waals surface area contributed by atoms with E-state index in [4.69, 9.17) is 0 Å². The fourth-order valence-corrected chi connectivity index (χ4v) is 3.80. The summed E-state index contributed by atoms with van der Waals surface area (Å²) in [6.45, 7) is 5.15. The molecule has 208 valence electrons. The summed E-state index contributed by atoms with van der Waals surface area (Å²) in [5, 5.41) is 8.01. The molecule has 4 aromatic rings. The second-order valence-electron chi connectivity index (χ2n) is 8.97. The molecule has 0 aliphatic heterocycles. The highest BCUT2D eigenvalue weighted by molar-refractivity contribution is 6.08.